The molecule has 0 nitrogen and oxygen atoms in total. The Morgan fingerprint density at radius 2 is 2.21 bits per heavy atom. The number of rotatable bonds is 3. The minimum atomic E-state index is 0.789. The molecule has 0 saturated heterocycles. The molecule has 0 aliphatic heterocycles. The summed E-state index contributed by atoms with van der Waals surface area (Å²) < 4.78 is 0. The Morgan fingerprint density at radius 1 is 1.29 bits per heavy atom. The van der Waals surface area contributed by atoms with Crippen molar-refractivity contribution in [1.82, 2.24) is 0 Å². The van der Waals surface area contributed by atoms with Gasteiger partial charge in [0.25, 0.3) is 0 Å². The summed E-state index contributed by atoms with van der Waals surface area (Å²) in [6.45, 7) is 2.27. The van der Waals surface area contributed by atoms with Crippen LogP contribution in [0.2, 0.25) is 0 Å². The van der Waals surface area contributed by atoms with E-state index in [1.165, 1.54) is 36.8 Å². The van der Waals surface area contributed by atoms with Crippen molar-refractivity contribution in [1.29, 1.82) is 0 Å². The number of hydrogen-bond acceptors (Lipinski definition) is 0. The van der Waals surface area contributed by atoms with Crippen molar-refractivity contribution in [3.05, 3.63) is 47.6 Å². The molecule has 2 aliphatic carbocycles. The molecule has 0 heteroatoms. The van der Waals surface area contributed by atoms with Crippen LogP contribution in [0, 0.1) is 5.92 Å². The monoisotopic (exact) mass is 186 g/mol. The molecule has 2 aliphatic rings. The maximum atomic E-state index is 2.36. The molecule has 0 spiro atoms. The fourth-order valence-electron chi connectivity index (χ4n) is 2.22. The van der Waals surface area contributed by atoms with Gasteiger partial charge in [0.05, 0.1) is 0 Å². The first-order chi connectivity index (χ1) is 6.90. The van der Waals surface area contributed by atoms with Crippen LogP contribution in [-0.2, 0) is 0 Å². The second kappa shape index (κ2) is 4.45. The van der Waals surface area contributed by atoms with E-state index in [9.17, 15) is 0 Å². The van der Waals surface area contributed by atoms with E-state index >= 15 is 0 Å². The van der Waals surface area contributed by atoms with E-state index in [-0.39, 0.29) is 0 Å². The Balaban J connectivity index is 2.08. The van der Waals surface area contributed by atoms with Gasteiger partial charge in [0, 0.05) is 0 Å². The van der Waals surface area contributed by atoms with Crippen molar-refractivity contribution in [2.24, 2.45) is 5.92 Å². The van der Waals surface area contributed by atoms with E-state index in [0.29, 0.717) is 0 Å². The molecule has 1 unspecified atom stereocenters. The minimum Gasteiger partial charge on any atom is -0.0654 e. The Kier molecular flexibility index (Phi) is 3.03. The van der Waals surface area contributed by atoms with E-state index in [4.69, 9.17) is 0 Å². The van der Waals surface area contributed by atoms with Crippen LogP contribution in [0.5, 0.6) is 0 Å². The molecule has 0 heterocycles. The summed E-state index contributed by atoms with van der Waals surface area (Å²) in [6, 6.07) is 0. The molecule has 0 fully saturated rings. The lowest BCUT2D eigenvalue weighted by molar-refractivity contribution is 0.553. The van der Waals surface area contributed by atoms with Gasteiger partial charge in [-0.1, -0.05) is 56.2 Å². The number of fused-ring (bicyclic) bond motifs is 1. The first-order valence-corrected chi connectivity index (χ1v) is 5.65. The van der Waals surface area contributed by atoms with Crippen LogP contribution in [-0.4, -0.2) is 0 Å². The molecule has 0 saturated carbocycles. The van der Waals surface area contributed by atoms with Gasteiger partial charge in [-0.25, -0.2) is 0 Å². The van der Waals surface area contributed by atoms with Crippen molar-refractivity contribution < 1.29 is 0 Å². The standard InChI is InChI=1S/C14H18/c1-2-3-8-13-10-12-7-5-4-6-9-14(13)11-12/h4-7,9,11,13H,2-3,8,10H2,1H3. The molecule has 2 bridgehead atoms. The maximum Gasteiger partial charge on any atom is -0.0121 e. The molecule has 0 aromatic heterocycles. The zero-order valence-corrected chi connectivity index (χ0v) is 8.87. The van der Waals surface area contributed by atoms with Gasteiger partial charge in [0.2, 0.25) is 0 Å². The maximum absolute atomic E-state index is 2.36. The number of allylic oxidation sites excluding steroid dienone is 8. The van der Waals surface area contributed by atoms with Crippen LogP contribution in [0.3, 0.4) is 0 Å². The topological polar surface area (TPSA) is 0 Å². The summed E-state index contributed by atoms with van der Waals surface area (Å²) >= 11 is 0. The predicted molar refractivity (Wildman–Crippen MR) is 62.1 cm³/mol. The average molecular weight is 186 g/mol. The molecule has 1 atom stereocenters. The molecular formula is C14H18. The molecule has 0 radical (unpaired) electrons. The lowest BCUT2D eigenvalue weighted by Crippen LogP contribution is -1.97. The number of unbranched alkanes of at least 4 members (excludes halogenated alkanes) is 1. The van der Waals surface area contributed by atoms with Gasteiger partial charge in [-0.15, -0.1) is 0 Å². The third-order valence-electron chi connectivity index (χ3n) is 3.03. The van der Waals surface area contributed by atoms with Crippen molar-refractivity contribution in [2.75, 3.05) is 0 Å². The van der Waals surface area contributed by atoms with E-state index in [1.54, 1.807) is 0 Å². The van der Waals surface area contributed by atoms with Crippen molar-refractivity contribution in [3.8, 4) is 0 Å². The van der Waals surface area contributed by atoms with Gasteiger partial charge in [-0.3, -0.25) is 0 Å². The van der Waals surface area contributed by atoms with Crippen molar-refractivity contribution >= 4 is 0 Å². The Bertz CT molecular complexity index is 313. The third kappa shape index (κ3) is 2.06. The highest BCUT2D eigenvalue weighted by Crippen LogP contribution is 2.35. The molecule has 0 aromatic rings. The predicted octanol–water partition coefficient (Wildman–Crippen LogP) is 4.18. The fraction of sp³-hybridized carbons (Fsp3) is 0.429. The van der Waals surface area contributed by atoms with Crippen LogP contribution in [0.15, 0.2) is 47.6 Å². The highest BCUT2D eigenvalue weighted by molar-refractivity contribution is 5.43. The van der Waals surface area contributed by atoms with Crippen LogP contribution >= 0.6 is 0 Å². The third-order valence-corrected chi connectivity index (χ3v) is 3.03. The van der Waals surface area contributed by atoms with Crippen LogP contribution in [0.1, 0.15) is 32.6 Å². The highest BCUT2D eigenvalue weighted by Gasteiger charge is 2.19. The van der Waals surface area contributed by atoms with Crippen molar-refractivity contribution in [2.45, 2.75) is 32.6 Å². The second-order valence-electron chi connectivity index (χ2n) is 4.17. The van der Waals surface area contributed by atoms with E-state index in [2.05, 4.69) is 43.4 Å². The summed E-state index contributed by atoms with van der Waals surface area (Å²) in [5.74, 6) is 0.789. The lowest BCUT2D eigenvalue weighted by atomic mass is 9.94. The van der Waals surface area contributed by atoms with E-state index in [0.717, 1.165) is 5.92 Å². The zero-order valence-electron chi connectivity index (χ0n) is 8.87. The summed E-state index contributed by atoms with van der Waals surface area (Å²) in [7, 11) is 0. The summed E-state index contributed by atoms with van der Waals surface area (Å²) in [5.41, 5.74) is 3.04. The molecular weight excluding hydrogens is 168 g/mol. The molecule has 74 valence electrons. The summed E-state index contributed by atoms with van der Waals surface area (Å²) in [5, 5.41) is 0. The SMILES string of the molecule is CCCCC1CC2=CC1=CC=CC=C2. The van der Waals surface area contributed by atoms with Gasteiger partial charge >= 0.3 is 0 Å². The Hall–Kier alpha value is -1.04. The zero-order chi connectivity index (χ0) is 9.80. The average Bonchev–Trinajstić information content (AvgIpc) is 2.55. The fourth-order valence-corrected chi connectivity index (χ4v) is 2.22. The molecule has 0 aromatic carbocycles. The molecule has 0 amide bonds. The molecule has 2 rings (SSSR count). The van der Waals surface area contributed by atoms with Gasteiger partial charge in [-0.2, -0.15) is 0 Å². The Labute approximate surface area is 86.7 Å². The highest BCUT2D eigenvalue weighted by atomic mass is 14.2. The van der Waals surface area contributed by atoms with Gasteiger partial charge < -0.3 is 0 Å². The van der Waals surface area contributed by atoms with E-state index < -0.39 is 0 Å². The van der Waals surface area contributed by atoms with E-state index in [1.807, 2.05) is 0 Å². The largest absolute Gasteiger partial charge is 0.0654 e. The molecule has 14 heavy (non-hydrogen) atoms. The normalized spacial score (nSPS) is 24.2. The van der Waals surface area contributed by atoms with Crippen LogP contribution in [0.25, 0.3) is 0 Å². The smallest absolute Gasteiger partial charge is 0.0121 e. The summed E-state index contributed by atoms with van der Waals surface area (Å²) in [6.07, 6.45) is 18.6. The van der Waals surface area contributed by atoms with Crippen LogP contribution < -0.4 is 0 Å². The first kappa shape index (κ1) is 9.51. The lowest BCUT2D eigenvalue weighted by Gasteiger charge is -2.10. The van der Waals surface area contributed by atoms with Gasteiger partial charge in [-0.05, 0) is 29.9 Å². The number of hydrogen-bond donors (Lipinski definition) is 0. The van der Waals surface area contributed by atoms with Gasteiger partial charge in [0.15, 0.2) is 0 Å². The summed E-state index contributed by atoms with van der Waals surface area (Å²) in [4.78, 5) is 0. The minimum absolute atomic E-state index is 0.789. The molecule has 0 N–H and O–H groups in total. The van der Waals surface area contributed by atoms with Crippen molar-refractivity contribution in [3.63, 3.8) is 0 Å². The van der Waals surface area contributed by atoms with Gasteiger partial charge in [0.1, 0.15) is 0 Å². The second-order valence-corrected chi connectivity index (χ2v) is 4.17. The van der Waals surface area contributed by atoms with Crippen LogP contribution in [0.4, 0.5) is 0 Å². The quantitative estimate of drug-likeness (QED) is 0.620. The first-order valence-electron chi connectivity index (χ1n) is 5.65. The Morgan fingerprint density at radius 3 is 3.07 bits per heavy atom.